The molecule has 0 saturated carbocycles. The summed E-state index contributed by atoms with van der Waals surface area (Å²) in [6.07, 6.45) is 4.01. The highest BCUT2D eigenvalue weighted by atomic mass is 32.1. The number of H-pyrrole nitrogens is 3. The van der Waals surface area contributed by atoms with Crippen molar-refractivity contribution >= 4 is 86.8 Å². The second-order valence-corrected chi connectivity index (χ2v) is 15.8. The zero-order valence-corrected chi connectivity index (χ0v) is 31.4. The molecule has 13 rings (SSSR count). The van der Waals surface area contributed by atoms with Crippen LogP contribution in [0.4, 0.5) is 0 Å². The number of aromatic amines is 3. The van der Waals surface area contributed by atoms with Crippen molar-refractivity contribution in [2.24, 2.45) is 0 Å². The minimum absolute atomic E-state index is 0.424. The lowest BCUT2D eigenvalue weighted by Crippen LogP contribution is -2.04. The Morgan fingerprint density at radius 3 is 2.26 bits per heavy atom. The van der Waals surface area contributed by atoms with Crippen LogP contribution < -0.4 is 0 Å². The molecule has 8 nitrogen and oxygen atoms in total. The highest BCUT2D eigenvalue weighted by Crippen LogP contribution is 2.53. The van der Waals surface area contributed by atoms with E-state index in [0.717, 1.165) is 98.3 Å². The largest absolute Gasteiger partial charge is 0.434 e. The van der Waals surface area contributed by atoms with E-state index in [1.54, 1.807) is 11.3 Å². The first kappa shape index (κ1) is 31.5. The first-order valence-corrected chi connectivity index (χ1v) is 20.0. The van der Waals surface area contributed by atoms with Gasteiger partial charge in [0.05, 0.1) is 22.9 Å². The molecule has 0 saturated heterocycles. The average Bonchev–Trinajstić information content (AvgIpc) is 4.13. The maximum absolute atomic E-state index is 7.21. The molecule has 0 aliphatic rings. The predicted molar refractivity (Wildman–Crippen MR) is 237 cm³/mol. The van der Waals surface area contributed by atoms with E-state index < -0.39 is 0 Å². The summed E-state index contributed by atoms with van der Waals surface area (Å²) in [5.74, 6) is 0.424. The molecule has 6 aromatic heterocycles. The molecule has 3 N–H and O–H groups in total. The molecule has 0 unspecified atom stereocenters. The number of hydrogen-bond donors (Lipinski definition) is 3. The number of aromatic nitrogens is 7. The summed E-state index contributed by atoms with van der Waals surface area (Å²) in [6.45, 7) is 0. The minimum Gasteiger partial charge on any atom is -0.434 e. The third-order valence-electron chi connectivity index (χ3n) is 11.5. The molecule has 0 aliphatic heterocycles. The van der Waals surface area contributed by atoms with Crippen LogP contribution in [0.2, 0.25) is 0 Å². The van der Waals surface area contributed by atoms with Gasteiger partial charge in [-0.1, -0.05) is 109 Å². The van der Waals surface area contributed by atoms with Gasteiger partial charge < -0.3 is 14.4 Å². The topological polar surface area (TPSA) is 104 Å². The number of rotatable bonds is 5. The van der Waals surface area contributed by atoms with E-state index in [0.29, 0.717) is 22.7 Å². The van der Waals surface area contributed by atoms with Crippen LogP contribution >= 0.6 is 11.3 Å². The highest BCUT2D eigenvalue weighted by Gasteiger charge is 2.32. The Morgan fingerprint density at radius 1 is 0.621 bits per heavy atom. The lowest BCUT2D eigenvalue weighted by molar-refractivity contribution is 0.618. The van der Waals surface area contributed by atoms with Crippen LogP contribution in [0.5, 0.6) is 0 Å². The molecule has 9 heteroatoms. The van der Waals surface area contributed by atoms with E-state index in [1.165, 1.54) is 4.70 Å². The first-order valence-electron chi connectivity index (χ1n) is 19.2. The SMILES string of the molecule is c1ccc2[nH]c(-c3c(-c4[nH]cc5ccccc45)c(-n4ncc5ccccc54)c4nc(-c5n[nH]c6c5ccc5ccccc56)oc4c3-c3cc4ccccc4s3)cc2c1. The fourth-order valence-corrected chi connectivity index (χ4v) is 9.96. The number of nitrogens with zero attached hydrogens (tertiary/aromatic N) is 4. The summed E-state index contributed by atoms with van der Waals surface area (Å²) in [6, 6.07) is 50.9. The second kappa shape index (κ2) is 11.9. The fraction of sp³-hybridized carbons (Fsp3) is 0. The fourth-order valence-electron chi connectivity index (χ4n) is 8.85. The van der Waals surface area contributed by atoms with Gasteiger partial charge in [-0.15, -0.1) is 11.3 Å². The molecule has 272 valence electrons. The van der Waals surface area contributed by atoms with Gasteiger partial charge in [0.1, 0.15) is 11.2 Å². The maximum Gasteiger partial charge on any atom is 0.248 e. The van der Waals surface area contributed by atoms with Crippen molar-refractivity contribution < 1.29 is 4.42 Å². The van der Waals surface area contributed by atoms with Gasteiger partial charge in [-0.25, -0.2) is 9.67 Å². The zero-order chi connectivity index (χ0) is 37.9. The lowest BCUT2D eigenvalue weighted by atomic mass is 9.90. The van der Waals surface area contributed by atoms with Crippen molar-refractivity contribution in [2.75, 3.05) is 0 Å². The van der Waals surface area contributed by atoms with Crippen molar-refractivity contribution in [3.63, 3.8) is 0 Å². The number of fused-ring (bicyclic) bond motifs is 8. The van der Waals surface area contributed by atoms with E-state index in [9.17, 15) is 0 Å². The van der Waals surface area contributed by atoms with E-state index in [1.807, 2.05) is 16.9 Å². The van der Waals surface area contributed by atoms with Crippen LogP contribution in [0, 0.1) is 0 Å². The number of thiophene rings is 1. The average molecular weight is 764 g/mol. The van der Waals surface area contributed by atoms with Gasteiger partial charge in [0.2, 0.25) is 5.89 Å². The Balaban J connectivity index is 1.25. The monoisotopic (exact) mass is 763 g/mol. The quantitative estimate of drug-likeness (QED) is 0.162. The van der Waals surface area contributed by atoms with Crippen molar-refractivity contribution in [3.05, 3.63) is 158 Å². The van der Waals surface area contributed by atoms with Gasteiger partial charge in [-0.2, -0.15) is 10.2 Å². The third-order valence-corrected chi connectivity index (χ3v) is 12.6. The molecule has 6 heterocycles. The number of hydrogen-bond acceptors (Lipinski definition) is 5. The van der Waals surface area contributed by atoms with Crippen LogP contribution in [0.25, 0.3) is 126 Å². The molecular weight excluding hydrogens is 735 g/mol. The standard InChI is InChI=1S/C49H29N7OS/c1-6-16-32-27(11-1)21-22-34-43(32)54-55-45(34)49-53-46-47(56-37-19-9-4-15-31(37)26-51-56)42(44-33-17-7-2-14-30(33)25-50-44)40(36-23-28-12-3-8-18-35(28)52-36)41(48(46)57-49)39-24-29-13-5-10-20-38(29)58-39/h1-26,50,52H,(H,54,55). The molecule has 0 fully saturated rings. The Labute approximate surface area is 333 Å². The van der Waals surface area contributed by atoms with Crippen molar-refractivity contribution in [1.29, 1.82) is 0 Å². The third kappa shape index (κ3) is 4.47. The van der Waals surface area contributed by atoms with Gasteiger partial charge in [0.25, 0.3) is 0 Å². The molecule has 0 bridgehead atoms. The van der Waals surface area contributed by atoms with Crippen molar-refractivity contribution in [1.82, 2.24) is 34.9 Å². The minimum atomic E-state index is 0.424. The molecule has 0 aliphatic carbocycles. The lowest BCUT2D eigenvalue weighted by Gasteiger charge is -2.19. The zero-order valence-electron chi connectivity index (χ0n) is 30.6. The van der Waals surface area contributed by atoms with Crippen molar-refractivity contribution in [2.45, 2.75) is 0 Å². The molecule has 0 atom stereocenters. The smallest absolute Gasteiger partial charge is 0.248 e. The molecule has 7 aromatic carbocycles. The first-order chi connectivity index (χ1) is 28.7. The molecular formula is C49H29N7OS. The molecule has 58 heavy (non-hydrogen) atoms. The van der Waals surface area contributed by atoms with Gasteiger partial charge in [0, 0.05) is 70.6 Å². The van der Waals surface area contributed by atoms with Gasteiger partial charge in [-0.05, 0) is 52.6 Å². The summed E-state index contributed by atoms with van der Waals surface area (Å²) < 4.78 is 10.4. The number of oxazole rings is 1. The summed E-state index contributed by atoms with van der Waals surface area (Å²) >= 11 is 1.75. The van der Waals surface area contributed by atoms with E-state index in [2.05, 4.69) is 161 Å². The maximum atomic E-state index is 7.21. The molecule has 0 radical (unpaired) electrons. The summed E-state index contributed by atoms with van der Waals surface area (Å²) in [7, 11) is 0. The van der Waals surface area contributed by atoms with E-state index in [-0.39, 0.29) is 0 Å². The number of nitrogens with one attached hydrogen (secondary N) is 3. The van der Waals surface area contributed by atoms with E-state index in [4.69, 9.17) is 19.6 Å². The Bertz CT molecular complexity index is 3710. The Morgan fingerprint density at radius 2 is 1.38 bits per heavy atom. The van der Waals surface area contributed by atoms with Crippen LogP contribution in [0.15, 0.2) is 162 Å². The molecule has 0 amide bonds. The van der Waals surface area contributed by atoms with Crippen LogP contribution in [0.1, 0.15) is 0 Å². The van der Waals surface area contributed by atoms with Gasteiger partial charge in [-0.3, -0.25) is 5.10 Å². The normalized spacial score (nSPS) is 12.1. The van der Waals surface area contributed by atoms with Crippen LogP contribution in [-0.2, 0) is 0 Å². The number of para-hydroxylation sites is 2. The summed E-state index contributed by atoms with van der Waals surface area (Å²) in [5.41, 5.74) is 10.5. The Hall–Kier alpha value is -7.75. The van der Waals surface area contributed by atoms with Crippen LogP contribution in [0.3, 0.4) is 0 Å². The Kier molecular flexibility index (Phi) is 6.44. The molecule has 13 aromatic rings. The second-order valence-electron chi connectivity index (χ2n) is 14.7. The van der Waals surface area contributed by atoms with Crippen molar-refractivity contribution in [3.8, 4) is 50.2 Å². The van der Waals surface area contributed by atoms with Gasteiger partial charge >= 0.3 is 0 Å². The van der Waals surface area contributed by atoms with Crippen LogP contribution in [-0.4, -0.2) is 34.9 Å². The summed E-state index contributed by atoms with van der Waals surface area (Å²) in [4.78, 5) is 14.1. The van der Waals surface area contributed by atoms with E-state index >= 15 is 0 Å². The summed E-state index contributed by atoms with van der Waals surface area (Å²) in [5, 5.41) is 22.0. The van der Waals surface area contributed by atoms with Gasteiger partial charge in [0.15, 0.2) is 11.3 Å². The number of benzene rings is 7. The predicted octanol–water partition coefficient (Wildman–Crippen LogP) is 13.0. The highest BCUT2D eigenvalue weighted by molar-refractivity contribution is 7.22. The molecule has 0 spiro atoms.